The van der Waals surface area contributed by atoms with E-state index >= 15 is 0 Å². The fourth-order valence-electron chi connectivity index (χ4n) is 2.63. The number of anilines is 1. The molecule has 22 heavy (non-hydrogen) atoms. The van der Waals surface area contributed by atoms with Crippen LogP contribution in [0.2, 0.25) is 0 Å². The summed E-state index contributed by atoms with van der Waals surface area (Å²) in [5.74, 6) is -0.716. The number of benzene rings is 1. The van der Waals surface area contributed by atoms with E-state index in [2.05, 4.69) is 10.6 Å². The first-order valence-electron chi connectivity index (χ1n) is 7.34. The fourth-order valence-corrected chi connectivity index (χ4v) is 2.63. The maximum Gasteiger partial charge on any atom is 0.293 e. The summed E-state index contributed by atoms with van der Waals surface area (Å²) in [7, 11) is 0. The predicted molar refractivity (Wildman–Crippen MR) is 81.7 cm³/mol. The zero-order valence-electron chi connectivity index (χ0n) is 12.4. The average molecular weight is 305 g/mol. The van der Waals surface area contributed by atoms with Crippen molar-refractivity contribution in [1.82, 2.24) is 5.32 Å². The van der Waals surface area contributed by atoms with Crippen LogP contribution in [0.4, 0.5) is 11.4 Å². The van der Waals surface area contributed by atoms with Crippen molar-refractivity contribution >= 4 is 23.2 Å². The van der Waals surface area contributed by atoms with Crippen molar-refractivity contribution in [2.75, 3.05) is 5.32 Å². The van der Waals surface area contributed by atoms with Gasteiger partial charge in [0.2, 0.25) is 5.91 Å². The number of nitrogens with zero attached hydrogens (tertiary/aromatic N) is 1. The highest BCUT2D eigenvalue weighted by atomic mass is 16.6. The summed E-state index contributed by atoms with van der Waals surface area (Å²) in [6, 6.07) is 4.20. The van der Waals surface area contributed by atoms with Crippen LogP contribution in [0.5, 0.6) is 0 Å². The summed E-state index contributed by atoms with van der Waals surface area (Å²) in [6.45, 7) is 1.27. The molecule has 0 saturated heterocycles. The summed E-state index contributed by atoms with van der Waals surface area (Å²) in [6.07, 6.45) is 5.25. The Morgan fingerprint density at radius 1 is 1.23 bits per heavy atom. The second-order valence-corrected chi connectivity index (χ2v) is 5.48. The number of nitro groups is 1. The maximum atomic E-state index is 12.2. The van der Waals surface area contributed by atoms with Crippen LogP contribution >= 0.6 is 0 Å². The highest BCUT2D eigenvalue weighted by Gasteiger charge is 2.21. The second kappa shape index (κ2) is 7.02. The zero-order chi connectivity index (χ0) is 16.1. The van der Waals surface area contributed by atoms with Gasteiger partial charge in [0.25, 0.3) is 11.6 Å². The van der Waals surface area contributed by atoms with Crippen LogP contribution in [0.25, 0.3) is 0 Å². The molecule has 7 nitrogen and oxygen atoms in total. The van der Waals surface area contributed by atoms with Crippen molar-refractivity contribution < 1.29 is 14.5 Å². The number of hydrogen-bond donors (Lipinski definition) is 2. The lowest BCUT2D eigenvalue weighted by Gasteiger charge is -2.22. The molecule has 1 aromatic carbocycles. The molecule has 0 aromatic heterocycles. The Hall–Kier alpha value is -2.44. The van der Waals surface area contributed by atoms with Crippen molar-refractivity contribution in [3.8, 4) is 0 Å². The van der Waals surface area contributed by atoms with Gasteiger partial charge in [0.1, 0.15) is 5.69 Å². The lowest BCUT2D eigenvalue weighted by atomic mass is 9.95. The summed E-state index contributed by atoms with van der Waals surface area (Å²) >= 11 is 0. The molecule has 1 fully saturated rings. The quantitative estimate of drug-likeness (QED) is 0.659. The topological polar surface area (TPSA) is 101 Å². The van der Waals surface area contributed by atoms with E-state index in [4.69, 9.17) is 0 Å². The molecule has 2 amide bonds. The number of hydrogen-bond acceptors (Lipinski definition) is 4. The van der Waals surface area contributed by atoms with Crippen LogP contribution in [-0.2, 0) is 4.79 Å². The zero-order valence-corrected chi connectivity index (χ0v) is 12.4. The van der Waals surface area contributed by atoms with Gasteiger partial charge in [-0.3, -0.25) is 19.7 Å². The Morgan fingerprint density at radius 2 is 1.91 bits per heavy atom. The molecular formula is C15H19N3O4. The Bertz CT molecular complexity index is 594. The van der Waals surface area contributed by atoms with Gasteiger partial charge in [-0.1, -0.05) is 19.3 Å². The van der Waals surface area contributed by atoms with E-state index in [0.29, 0.717) is 0 Å². The average Bonchev–Trinajstić information content (AvgIpc) is 2.47. The van der Waals surface area contributed by atoms with Gasteiger partial charge in [0, 0.05) is 24.6 Å². The standard InChI is InChI=1S/C15H19N3O4/c1-10(19)16-13-8-7-11(9-14(13)18(21)22)15(20)17-12-5-3-2-4-6-12/h7-9,12H,2-6H2,1H3,(H,16,19)(H,17,20). The molecule has 0 heterocycles. The SMILES string of the molecule is CC(=O)Nc1ccc(C(=O)NC2CCCCC2)cc1[N+](=O)[O-]. The van der Waals surface area contributed by atoms with Crippen molar-refractivity contribution in [3.63, 3.8) is 0 Å². The Labute approximate surface area is 128 Å². The number of carbonyl (C=O) groups is 2. The van der Waals surface area contributed by atoms with Crippen molar-refractivity contribution in [3.05, 3.63) is 33.9 Å². The number of nitro benzene ring substituents is 1. The minimum Gasteiger partial charge on any atom is -0.349 e. The third kappa shape index (κ3) is 4.03. The molecule has 7 heteroatoms. The molecule has 0 radical (unpaired) electrons. The third-order valence-corrected chi connectivity index (χ3v) is 3.71. The van der Waals surface area contributed by atoms with Gasteiger partial charge in [-0.05, 0) is 25.0 Å². The third-order valence-electron chi connectivity index (χ3n) is 3.71. The summed E-state index contributed by atoms with van der Waals surface area (Å²) in [5.41, 5.74) is 0.0320. The molecule has 1 saturated carbocycles. The fraction of sp³-hybridized carbons (Fsp3) is 0.467. The molecule has 1 aliphatic carbocycles. The first-order chi connectivity index (χ1) is 10.5. The van der Waals surface area contributed by atoms with Crippen LogP contribution in [-0.4, -0.2) is 22.8 Å². The Kier molecular flexibility index (Phi) is 5.08. The van der Waals surface area contributed by atoms with Gasteiger partial charge in [0.15, 0.2) is 0 Å². The van der Waals surface area contributed by atoms with Crippen molar-refractivity contribution in [1.29, 1.82) is 0 Å². The van der Waals surface area contributed by atoms with E-state index in [-0.39, 0.29) is 28.9 Å². The van der Waals surface area contributed by atoms with Gasteiger partial charge < -0.3 is 10.6 Å². The monoisotopic (exact) mass is 305 g/mol. The molecule has 0 atom stereocenters. The smallest absolute Gasteiger partial charge is 0.293 e. The molecule has 0 aliphatic heterocycles. The van der Waals surface area contributed by atoms with Crippen LogP contribution in [0.1, 0.15) is 49.4 Å². The van der Waals surface area contributed by atoms with Gasteiger partial charge >= 0.3 is 0 Å². The maximum absolute atomic E-state index is 12.2. The van der Waals surface area contributed by atoms with E-state index in [1.807, 2.05) is 0 Å². The number of rotatable bonds is 4. The van der Waals surface area contributed by atoms with E-state index in [1.165, 1.54) is 31.5 Å². The summed E-state index contributed by atoms with van der Waals surface area (Å²) < 4.78 is 0. The van der Waals surface area contributed by atoms with Gasteiger partial charge in [-0.15, -0.1) is 0 Å². The van der Waals surface area contributed by atoms with Crippen LogP contribution in [0, 0.1) is 10.1 Å². The second-order valence-electron chi connectivity index (χ2n) is 5.48. The van der Waals surface area contributed by atoms with Gasteiger partial charge in [0.05, 0.1) is 4.92 Å². The number of nitrogens with one attached hydrogen (secondary N) is 2. The molecule has 1 aromatic rings. The van der Waals surface area contributed by atoms with Gasteiger partial charge in [-0.2, -0.15) is 0 Å². The minimum absolute atomic E-state index is 0.0896. The van der Waals surface area contributed by atoms with Crippen molar-refractivity contribution in [2.24, 2.45) is 0 Å². The number of carbonyl (C=O) groups excluding carboxylic acids is 2. The largest absolute Gasteiger partial charge is 0.349 e. The molecule has 0 spiro atoms. The summed E-state index contributed by atoms with van der Waals surface area (Å²) in [4.78, 5) is 33.7. The van der Waals surface area contributed by atoms with E-state index < -0.39 is 10.8 Å². The first kappa shape index (κ1) is 15.9. The Balaban J connectivity index is 2.16. The van der Waals surface area contributed by atoms with Crippen LogP contribution in [0.3, 0.4) is 0 Å². The summed E-state index contributed by atoms with van der Waals surface area (Å²) in [5, 5.41) is 16.4. The van der Waals surface area contributed by atoms with Crippen molar-refractivity contribution in [2.45, 2.75) is 45.1 Å². The molecule has 0 unspecified atom stereocenters. The predicted octanol–water partition coefficient (Wildman–Crippen LogP) is 2.62. The van der Waals surface area contributed by atoms with E-state index in [1.54, 1.807) is 0 Å². The van der Waals surface area contributed by atoms with Crippen LogP contribution in [0.15, 0.2) is 18.2 Å². The highest BCUT2D eigenvalue weighted by molar-refractivity contribution is 5.97. The molecular weight excluding hydrogens is 286 g/mol. The van der Waals surface area contributed by atoms with E-state index in [0.717, 1.165) is 25.7 Å². The minimum atomic E-state index is -0.608. The van der Waals surface area contributed by atoms with E-state index in [9.17, 15) is 19.7 Å². The number of amides is 2. The van der Waals surface area contributed by atoms with Crippen LogP contribution < -0.4 is 10.6 Å². The Morgan fingerprint density at radius 3 is 2.50 bits per heavy atom. The lowest BCUT2D eigenvalue weighted by molar-refractivity contribution is -0.384. The lowest BCUT2D eigenvalue weighted by Crippen LogP contribution is -2.36. The normalized spacial score (nSPS) is 15.1. The molecule has 2 rings (SSSR count). The molecule has 1 aliphatic rings. The first-order valence-corrected chi connectivity index (χ1v) is 7.34. The molecule has 2 N–H and O–H groups in total. The highest BCUT2D eigenvalue weighted by Crippen LogP contribution is 2.26. The van der Waals surface area contributed by atoms with Gasteiger partial charge in [-0.25, -0.2) is 0 Å². The molecule has 118 valence electrons. The molecule has 0 bridgehead atoms.